The molecule has 0 radical (unpaired) electrons. The number of rotatable bonds is 2. The van der Waals surface area contributed by atoms with Crippen molar-refractivity contribution < 1.29 is 0 Å². The molecule has 2 saturated heterocycles. The number of piperazine rings is 1. The van der Waals surface area contributed by atoms with Gasteiger partial charge in [0.05, 0.1) is 0 Å². The zero-order valence-electron chi connectivity index (χ0n) is 8.91. The molecule has 0 aromatic carbocycles. The molecule has 1 saturated carbocycles. The van der Waals surface area contributed by atoms with Crippen molar-refractivity contribution in [3.05, 3.63) is 0 Å². The molecule has 80 valence electrons. The van der Waals surface area contributed by atoms with E-state index in [-0.39, 0.29) is 5.54 Å². The van der Waals surface area contributed by atoms with Gasteiger partial charge in [-0.05, 0) is 32.2 Å². The highest BCUT2D eigenvalue weighted by atomic mass is 15.3. The first kappa shape index (κ1) is 9.13. The van der Waals surface area contributed by atoms with Crippen molar-refractivity contribution in [1.82, 2.24) is 9.80 Å². The van der Waals surface area contributed by atoms with E-state index in [9.17, 15) is 0 Å². The van der Waals surface area contributed by atoms with Gasteiger partial charge in [0, 0.05) is 37.8 Å². The summed E-state index contributed by atoms with van der Waals surface area (Å²) in [7, 11) is 0. The van der Waals surface area contributed by atoms with Gasteiger partial charge in [0.1, 0.15) is 0 Å². The van der Waals surface area contributed by atoms with Crippen molar-refractivity contribution in [3.63, 3.8) is 0 Å². The Kier molecular flexibility index (Phi) is 2.08. The number of fused-ring (bicyclic) bond motifs is 1. The summed E-state index contributed by atoms with van der Waals surface area (Å²) >= 11 is 0. The van der Waals surface area contributed by atoms with Crippen LogP contribution in [0.15, 0.2) is 0 Å². The highest BCUT2D eigenvalue weighted by Gasteiger charge is 2.41. The molecule has 0 amide bonds. The Morgan fingerprint density at radius 1 is 1.21 bits per heavy atom. The fourth-order valence-corrected chi connectivity index (χ4v) is 2.96. The summed E-state index contributed by atoms with van der Waals surface area (Å²) in [6, 6.07) is 0.853. The van der Waals surface area contributed by atoms with Crippen LogP contribution in [-0.2, 0) is 0 Å². The minimum atomic E-state index is 0.209. The Morgan fingerprint density at radius 2 is 2.07 bits per heavy atom. The van der Waals surface area contributed by atoms with Gasteiger partial charge in [0.25, 0.3) is 0 Å². The average Bonchev–Trinajstić information content (AvgIpc) is 2.73. The molecule has 3 nitrogen and oxygen atoms in total. The van der Waals surface area contributed by atoms with Crippen LogP contribution >= 0.6 is 0 Å². The van der Waals surface area contributed by atoms with Crippen molar-refractivity contribution in [2.45, 2.75) is 37.3 Å². The first-order valence-electron chi connectivity index (χ1n) is 6.01. The summed E-state index contributed by atoms with van der Waals surface area (Å²) in [6.45, 7) is 6.29. The standard InChI is InChI=1S/C11H21N3/c12-11(3-4-11)9-13-6-7-14-5-1-2-10(14)8-13/h10H,1-9,12H2. The second-order valence-corrected chi connectivity index (χ2v) is 5.43. The molecule has 2 heterocycles. The quantitative estimate of drug-likeness (QED) is 0.686. The zero-order chi connectivity index (χ0) is 9.60. The maximum absolute atomic E-state index is 6.16. The normalized spacial score (nSPS) is 37.1. The molecule has 3 fully saturated rings. The van der Waals surface area contributed by atoms with Crippen LogP contribution in [0.3, 0.4) is 0 Å². The van der Waals surface area contributed by atoms with E-state index in [2.05, 4.69) is 9.80 Å². The summed E-state index contributed by atoms with van der Waals surface area (Å²) in [5.41, 5.74) is 6.37. The Balaban J connectivity index is 1.56. The highest BCUT2D eigenvalue weighted by Crippen LogP contribution is 2.34. The van der Waals surface area contributed by atoms with E-state index < -0.39 is 0 Å². The molecule has 2 N–H and O–H groups in total. The van der Waals surface area contributed by atoms with E-state index in [1.165, 1.54) is 51.9 Å². The minimum absolute atomic E-state index is 0.209. The third-order valence-corrected chi connectivity index (χ3v) is 4.10. The Labute approximate surface area is 86.2 Å². The van der Waals surface area contributed by atoms with Gasteiger partial charge in [-0.3, -0.25) is 9.80 Å². The van der Waals surface area contributed by atoms with Crippen LogP contribution in [0.4, 0.5) is 0 Å². The average molecular weight is 195 g/mol. The summed E-state index contributed by atoms with van der Waals surface area (Å²) in [5, 5.41) is 0. The minimum Gasteiger partial charge on any atom is -0.324 e. The molecule has 3 heteroatoms. The van der Waals surface area contributed by atoms with Crippen LogP contribution in [0.2, 0.25) is 0 Å². The lowest BCUT2D eigenvalue weighted by Gasteiger charge is -2.38. The predicted octanol–water partition coefficient (Wildman–Crippen LogP) is 0.258. The summed E-state index contributed by atoms with van der Waals surface area (Å²) < 4.78 is 0. The molecule has 0 bridgehead atoms. The van der Waals surface area contributed by atoms with Gasteiger partial charge in [0.2, 0.25) is 0 Å². The monoisotopic (exact) mass is 195 g/mol. The lowest BCUT2D eigenvalue weighted by molar-refractivity contribution is 0.0977. The maximum Gasteiger partial charge on any atom is 0.0284 e. The van der Waals surface area contributed by atoms with Crippen LogP contribution in [-0.4, -0.2) is 54.1 Å². The van der Waals surface area contributed by atoms with Crippen LogP contribution < -0.4 is 5.73 Å². The van der Waals surface area contributed by atoms with E-state index in [0.29, 0.717) is 0 Å². The molecule has 0 spiro atoms. The molecule has 1 unspecified atom stereocenters. The molecule has 0 aromatic heterocycles. The number of nitrogens with two attached hydrogens (primary N) is 1. The highest BCUT2D eigenvalue weighted by molar-refractivity contribution is 5.02. The topological polar surface area (TPSA) is 32.5 Å². The molecule has 14 heavy (non-hydrogen) atoms. The van der Waals surface area contributed by atoms with Gasteiger partial charge in [-0.1, -0.05) is 0 Å². The third-order valence-electron chi connectivity index (χ3n) is 4.10. The Morgan fingerprint density at radius 3 is 2.86 bits per heavy atom. The summed E-state index contributed by atoms with van der Waals surface area (Å²) in [5.74, 6) is 0. The van der Waals surface area contributed by atoms with Gasteiger partial charge < -0.3 is 5.73 Å². The Hall–Kier alpha value is -0.120. The lowest BCUT2D eigenvalue weighted by Crippen LogP contribution is -2.53. The fraction of sp³-hybridized carbons (Fsp3) is 1.00. The first-order chi connectivity index (χ1) is 6.75. The lowest BCUT2D eigenvalue weighted by atomic mass is 10.1. The second-order valence-electron chi connectivity index (χ2n) is 5.43. The van der Waals surface area contributed by atoms with Crippen molar-refractivity contribution in [3.8, 4) is 0 Å². The van der Waals surface area contributed by atoms with Crippen LogP contribution in [0.5, 0.6) is 0 Å². The van der Waals surface area contributed by atoms with E-state index in [1.54, 1.807) is 0 Å². The van der Waals surface area contributed by atoms with Crippen molar-refractivity contribution in [2.75, 3.05) is 32.7 Å². The summed E-state index contributed by atoms with van der Waals surface area (Å²) in [6.07, 6.45) is 5.32. The maximum atomic E-state index is 6.16. The van der Waals surface area contributed by atoms with Crippen LogP contribution in [0.25, 0.3) is 0 Å². The van der Waals surface area contributed by atoms with Crippen LogP contribution in [0.1, 0.15) is 25.7 Å². The molecule has 1 atom stereocenters. The fourth-order valence-electron chi connectivity index (χ4n) is 2.96. The van der Waals surface area contributed by atoms with E-state index in [0.717, 1.165) is 12.6 Å². The molecule has 0 aromatic rings. The molecule has 1 aliphatic carbocycles. The predicted molar refractivity (Wildman–Crippen MR) is 57.2 cm³/mol. The zero-order valence-corrected chi connectivity index (χ0v) is 8.91. The van der Waals surface area contributed by atoms with E-state index in [1.807, 2.05) is 0 Å². The van der Waals surface area contributed by atoms with Crippen LogP contribution in [0, 0.1) is 0 Å². The molecule has 3 aliphatic rings. The molecule has 2 aliphatic heterocycles. The number of nitrogens with zero attached hydrogens (tertiary/aromatic N) is 2. The van der Waals surface area contributed by atoms with E-state index in [4.69, 9.17) is 5.73 Å². The van der Waals surface area contributed by atoms with Gasteiger partial charge in [0.15, 0.2) is 0 Å². The molecular weight excluding hydrogens is 174 g/mol. The van der Waals surface area contributed by atoms with Gasteiger partial charge in [-0.15, -0.1) is 0 Å². The number of hydrogen-bond donors (Lipinski definition) is 1. The third kappa shape index (κ3) is 1.69. The van der Waals surface area contributed by atoms with E-state index >= 15 is 0 Å². The summed E-state index contributed by atoms with van der Waals surface area (Å²) in [4.78, 5) is 5.26. The first-order valence-corrected chi connectivity index (χ1v) is 6.01. The smallest absolute Gasteiger partial charge is 0.0284 e. The van der Waals surface area contributed by atoms with Gasteiger partial charge in [-0.25, -0.2) is 0 Å². The van der Waals surface area contributed by atoms with Gasteiger partial charge >= 0.3 is 0 Å². The SMILES string of the molecule is NC1(CN2CCN3CCCC3C2)CC1. The number of hydrogen-bond acceptors (Lipinski definition) is 3. The molecular formula is C11H21N3. The molecule has 3 rings (SSSR count). The van der Waals surface area contributed by atoms with Crippen molar-refractivity contribution in [2.24, 2.45) is 5.73 Å². The second kappa shape index (κ2) is 3.19. The van der Waals surface area contributed by atoms with Crippen molar-refractivity contribution in [1.29, 1.82) is 0 Å². The largest absolute Gasteiger partial charge is 0.324 e. The Bertz CT molecular complexity index is 225. The van der Waals surface area contributed by atoms with Crippen molar-refractivity contribution >= 4 is 0 Å². The van der Waals surface area contributed by atoms with Gasteiger partial charge in [-0.2, -0.15) is 0 Å².